The number of hydrogen-bond acceptors (Lipinski definition) is 3. The molecule has 0 aromatic heterocycles. The summed E-state index contributed by atoms with van der Waals surface area (Å²) < 4.78 is 0. The number of nitrogens with zero attached hydrogens (tertiary/aromatic N) is 2. The first-order valence-corrected chi connectivity index (χ1v) is 5.76. The molecule has 0 aliphatic heterocycles. The van der Waals surface area contributed by atoms with Gasteiger partial charge in [0.05, 0.1) is 11.5 Å². The highest BCUT2D eigenvalue weighted by atomic mass is 15.1. The minimum Gasteiger partial charge on any atom is -0.320 e. The molecule has 0 fully saturated rings. The third kappa shape index (κ3) is 8.41. The highest BCUT2D eigenvalue weighted by Crippen LogP contribution is 2.20. The second-order valence-electron chi connectivity index (χ2n) is 4.86. The van der Waals surface area contributed by atoms with E-state index in [-0.39, 0.29) is 5.41 Å². The Bertz CT molecular complexity index is 194. The lowest BCUT2D eigenvalue weighted by molar-refractivity contribution is 0.300. The minimum absolute atomic E-state index is 0.161. The van der Waals surface area contributed by atoms with E-state index in [1.54, 1.807) is 0 Å². The maximum Gasteiger partial charge on any atom is 0.0683 e. The Kier molecular flexibility index (Phi) is 7.37. The summed E-state index contributed by atoms with van der Waals surface area (Å²) in [4.78, 5) is 2.34. The van der Waals surface area contributed by atoms with E-state index >= 15 is 0 Å². The summed E-state index contributed by atoms with van der Waals surface area (Å²) in [6.07, 6.45) is 3.28. The Labute approximate surface area is 94.5 Å². The van der Waals surface area contributed by atoms with Gasteiger partial charge in [-0.05, 0) is 66.8 Å². The molecule has 0 spiro atoms. The Morgan fingerprint density at radius 1 is 1.27 bits per heavy atom. The Hall–Kier alpha value is -0.590. The quantitative estimate of drug-likeness (QED) is 0.623. The molecule has 0 bridgehead atoms. The Morgan fingerprint density at radius 2 is 1.87 bits per heavy atom. The van der Waals surface area contributed by atoms with Crippen molar-refractivity contribution in [2.45, 2.75) is 33.1 Å². The van der Waals surface area contributed by atoms with Crippen LogP contribution >= 0.6 is 0 Å². The number of nitriles is 1. The molecule has 88 valence electrons. The van der Waals surface area contributed by atoms with E-state index in [0.29, 0.717) is 0 Å². The zero-order chi connectivity index (χ0) is 11.7. The third-order valence-corrected chi connectivity index (χ3v) is 2.61. The molecule has 0 aliphatic carbocycles. The second-order valence-corrected chi connectivity index (χ2v) is 4.86. The average molecular weight is 211 g/mol. The van der Waals surface area contributed by atoms with Crippen LogP contribution in [0.5, 0.6) is 0 Å². The van der Waals surface area contributed by atoms with Crippen LogP contribution in [0.25, 0.3) is 0 Å². The van der Waals surface area contributed by atoms with Crippen molar-refractivity contribution in [1.29, 1.82) is 5.26 Å². The fourth-order valence-electron chi connectivity index (χ4n) is 1.48. The highest BCUT2D eigenvalue weighted by molar-refractivity contribution is 4.91. The van der Waals surface area contributed by atoms with E-state index in [1.807, 2.05) is 20.9 Å². The zero-order valence-electron chi connectivity index (χ0n) is 10.6. The standard InChI is InChI=1S/C12H25N3/c1-12(2,11-13)7-5-9-15(4)10-6-8-14-3/h14H,5-10H2,1-4H3. The molecule has 0 rings (SSSR count). The maximum absolute atomic E-state index is 8.86. The minimum atomic E-state index is -0.161. The van der Waals surface area contributed by atoms with Crippen LogP contribution < -0.4 is 5.32 Å². The van der Waals surface area contributed by atoms with Gasteiger partial charge in [0, 0.05) is 0 Å². The molecule has 0 amide bonds. The van der Waals surface area contributed by atoms with Crippen LogP contribution in [-0.4, -0.2) is 38.6 Å². The van der Waals surface area contributed by atoms with Crippen LogP contribution in [0.4, 0.5) is 0 Å². The second kappa shape index (κ2) is 7.67. The van der Waals surface area contributed by atoms with Crippen molar-refractivity contribution in [1.82, 2.24) is 10.2 Å². The summed E-state index contributed by atoms with van der Waals surface area (Å²) in [6.45, 7) is 7.32. The van der Waals surface area contributed by atoms with Crippen molar-refractivity contribution >= 4 is 0 Å². The first kappa shape index (κ1) is 14.4. The summed E-state index contributed by atoms with van der Waals surface area (Å²) in [6, 6.07) is 2.34. The van der Waals surface area contributed by atoms with E-state index in [0.717, 1.165) is 32.5 Å². The van der Waals surface area contributed by atoms with Crippen molar-refractivity contribution in [3.8, 4) is 6.07 Å². The summed E-state index contributed by atoms with van der Waals surface area (Å²) >= 11 is 0. The van der Waals surface area contributed by atoms with Crippen LogP contribution in [0, 0.1) is 16.7 Å². The average Bonchev–Trinajstić information content (AvgIpc) is 2.18. The van der Waals surface area contributed by atoms with E-state index in [9.17, 15) is 0 Å². The van der Waals surface area contributed by atoms with Gasteiger partial charge in [0.1, 0.15) is 0 Å². The largest absolute Gasteiger partial charge is 0.320 e. The molecule has 0 aromatic carbocycles. The molecule has 0 atom stereocenters. The van der Waals surface area contributed by atoms with Gasteiger partial charge in [0.15, 0.2) is 0 Å². The number of rotatable bonds is 8. The molecule has 1 N–H and O–H groups in total. The van der Waals surface area contributed by atoms with Crippen LogP contribution in [0.3, 0.4) is 0 Å². The molecule has 0 aromatic rings. The van der Waals surface area contributed by atoms with Gasteiger partial charge in [-0.25, -0.2) is 0 Å². The number of hydrogen-bond donors (Lipinski definition) is 1. The van der Waals surface area contributed by atoms with Gasteiger partial charge in [-0.2, -0.15) is 5.26 Å². The van der Waals surface area contributed by atoms with E-state index in [4.69, 9.17) is 5.26 Å². The fourth-order valence-corrected chi connectivity index (χ4v) is 1.48. The van der Waals surface area contributed by atoms with Crippen molar-refractivity contribution in [2.24, 2.45) is 5.41 Å². The van der Waals surface area contributed by atoms with Crippen LogP contribution in [0.1, 0.15) is 33.1 Å². The van der Waals surface area contributed by atoms with Gasteiger partial charge >= 0.3 is 0 Å². The van der Waals surface area contributed by atoms with Gasteiger partial charge in [-0.1, -0.05) is 0 Å². The van der Waals surface area contributed by atoms with Gasteiger partial charge < -0.3 is 10.2 Å². The Balaban J connectivity index is 3.47. The lowest BCUT2D eigenvalue weighted by atomic mass is 9.90. The zero-order valence-corrected chi connectivity index (χ0v) is 10.6. The van der Waals surface area contributed by atoms with Crippen molar-refractivity contribution in [2.75, 3.05) is 33.7 Å². The fraction of sp³-hybridized carbons (Fsp3) is 0.917. The molecular weight excluding hydrogens is 186 g/mol. The van der Waals surface area contributed by atoms with Crippen molar-refractivity contribution < 1.29 is 0 Å². The van der Waals surface area contributed by atoms with Gasteiger partial charge in [0.25, 0.3) is 0 Å². The van der Waals surface area contributed by atoms with Crippen LogP contribution in [0.15, 0.2) is 0 Å². The van der Waals surface area contributed by atoms with E-state index < -0.39 is 0 Å². The number of nitrogens with one attached hydrogen (secondary N) is 1. The van der Waals surface area contributed by atoms with Gasteiger partial charge in [-0.15, -0.1) is 0 Å². The predicted molar refractivity (Wildman–Crippen MR) is 64.7 cm³/mol. The topological polar surface area (TPSA) is 39.1 Å². The lowest BCUT2D eigenvalue weighted by Gasteiger charge is -2.19. The molecule has 0 heterocycles. The first-order valence-electron chi connectivity index (χ1n) is 5.76. The van der Waals surface area contributed by atoms with Gasteiger partial charge in [0.2, 0.25) is 0 Å². The monoisotopic (exact) mass is 211 g/mol. The maximum atomic E-state index is 8.86. The van der Waals surface area contributed by atoms with Crippen LogP contribution in [0.2, 0.25) is 0 Å². The SMILES string of the molecule is CNCCCN(C)CCCC(C)(C)C#N. The normalized spacial score (nSPS) is 11.7. The van der Waals surface area contributed by atoms with Crippen molar-refractivity contribution in [3.63, 3.8) is 0 Å². The molecule has 0 saturated carbocycles. The predicted octanol–water partition coefficient (Wildman–Crippen LogP) is 1.86. The molecule has 0 saturated heterocycles. The third-order valence-electron chi connectivity index (χ3n) is 2.61. The Morgan fingerprint density at radius 3 is 2.40 bits per heavy atom. The van der Waals surface area contributed by atoms with Gasteiger partial charge in [-0.3, -0.25) is 0 Å². The first-order chi connectivity index (χ1) is 7.02. The van der Waals surface area contributed by atoms with Crippen molar-refractivity contribution in [3.05, 3.63) is 0 Å². The molecule has 15 heavy (non-hydrogen) atoms. The highest BCUT2D eigenvalue weighted by Gasteiger charge is 2.15. The van der Waals surface area contributed by atoms with Crippen LogP contribution in [-0.2, 0) is 0 Å². The smallest absolute Gasteiger partial charge is 0.0683 e. The molecule has 3 nitrogen and oxygen atoms in total. The summed E-state index contributed by atoms with van der Waals surface area (Å²) in [5.74, 6) is 0. The lowest BCUT2D eigenvalue weighted by Crippen LogP contribution is -2.24. The summed E-state index contributed by atoms with van der Waals surface area (Å²) in [5, 5.41) is 12.0. The molecule has 0 aliphatic rings. The molecule has 3 heteroatoms. The summed E-state index contributed by atoms with van der Waals surface area (Å²) in [7, 11) is 4.13. The van der Waals surface area contributed by atoms with E-state index in [2.05, 4.69) is 23.3 Å². The summed E-state index contributed by atoms with van der Waals surface area (Å²) in [5.41, 5.74) is -0.161. The molecular formula is C12H25N3. The van der Waals surface area contributed by atoms with E-state index in [1.165, 1.54) is 6.42 Å². The molecule has 0 radical (unpaired) electrons. The molecule has 0 unspecified atom stereocenters.